The lowest BCUT2D eigenvalue weighted by Crippen LogP contribution is -2.20. The van der Waals surface area contributed by atoms with E-state index >= 15 is 0 Å². The molecule has 1 aromatic carbocycles. The highest BCUT2D eigenvalue weighted by Crippen LogP contribution is 2.18. The first-order valence-corrected chi connectivity index (χ1v) is 6.42. The van der Waals surface area contributed by atoms with E-state index in [9.17, 15) is 9.59 Å². The summed E-state index contributed by atoms with van der Waals surface area (Å²) in [5.74, 6) is -2.36. The van der Waals surface area contributed by atoms with Crippen molar-refractivity contribution in [3.8, 4) is 0 Å². The van der Waals surface area contributed by atoms with E-state index in [-0.39, 0.29) is 17.8 Å². The lowest BCUT2D eigenvalue weighted by atomic mass is 10.1. The summed E-state index contributed by atoms with van der Waals surface area (Å²) < 4.78 is 1.11. The smallest absolute Gasteiger partial charge is 0.358 e. The van der Waals surface area contributed by atoms with E-state index in [1.165, 1.54) is 6.92 Å². The standard InChI is InChI=1S/C13H12ClN3O4/c1-7(12(18)19)17-10(11(13(20)21)15-16-17)6-8-2-4-9(14)5-3-8/h2-5,7H,6H2,1H3,(H,18,19)(H,20,21). The fourth-order valence-electron chi connectivity index (χ4n) is 1.86. The molecule has 0 spiro atoms. The second-order valence-corrected chi connectivity index (χ2v) is 4.89. The summed E-state index contributed by atoms with van der Waals surface area (Å²) in [6.45, 7) is 1.41. The van der Waals surface area contributed by atoms with Crippen molar-refractivity contribution >= 4 is 23.5 Å². The summed E-state index contributed by atoms with van der Waals surface area (Å²) in [5.41, 5.74) is 0.765. The van der Waals surface area contributed by atoms with Gasteiger partial charge in [-0.05, 0) is 24.6 Å². The second-order valence-electron chi connectivity index (χ2n) is 4.45. The third-order valence-electron chi connectivity index (χ3n) is 3.00. The molecule has 0 bridgehead atoms. The molecule has 1 heterocycles. The van der Waals surface area contributed by atoms with E-state index < -0.39 is 18.0 Å². The highest BCUT2D eigenvalue weighted by Gasteiger charge is 2.25. The van der Waals surface area contributed by atoms with Crippen LogP contribution in [0.1, 0.15) is 34.7 Å². The van der Waals surface area contributed by atoms with Gasteiger partial charge in [-0.25, -0.2) is 14.3 Å². The van der Waals surface area contributed by atoms with Crippen LogP contribution in [0.3, 0.4) is 0 Å². The lowest BCUT2D eigenvalue weighted by Gasteiger charge is -2.11. The van der Waals surface area contributed by atoms with E-state index in [1.807, 2.05) is 0 Å². The SMILES string of the molecule is CC(C(=O)O)n1nnc(C(=O)O)c1Cc1ccc(Cl)cc1. The third-order valence-corrected chi connectivity index (χ3v) is 3.25. The topological polar surface area (TPSA) is 105 Å². The largest absolute Gasteiger partial charge is 0.480 e. The zero-order chi connectivity index (χ0) is 15.6. The molecule has 1 atom stereocenters. The van der Waals surface area contributed by atoms with Crippen LogP contribution in [0.25, 0.3) is 0 Å². The molecule has 0 amide bonds. The molecule has 1 aromatic heterocycles. The van der Waals surface area contributed by atoms with Crippen molar-refractivity contribution in [3.63, 3.8) is 0 Å². The Morgan fingerprint density at radius 3 is 2.43 bits per heavy atom. The molecule has 0 radical (unpaired) electrons. The third kappa shape index (κ3) is 3.19. The first-order valence-electron chi connectivity index (χ1n) is 6.04. The average molecular weight is 310 g/mol. The molecular formula is C13H12ClN3O4. The first-order chi connectivity index (χ1) is 9.90. The van der Waals surface area contributed by atoms with E-state index in [0.29, 0.717) is 5.02 Å². The Hall–Kier alpha value is -2.41. The van der Waals surface area contributed by atoms with E-state index in [2.05, 4.69) is 10.3 Å². The van der Waals surface area contributed by atoms with Crippen LogP contribution in [0.15, 0.2) is 24.3 Å². The van der Waals surface area contributed by atoms with Crippen LogP contribution in [-0.4, -0.2) is 37.1 Å². The number of halogens is 1. The van der Waals surface area contributed by atoms with Crippen molar-refractivity contribution in [2.45, 2.75) is 19.4 Å². The molecule has 0 fully saturated rings. The van der Waals surface area contributed by atoms with Crippen molar-refractivity contribution in [2.24, 2.45) is 0 Å². The molecule has 0 saturated heterocycles. The molecule has 2 rings (SSSR count). The van der Waals surface area contributed by atoms with Crippen LogP contribution in [0.2, 0.25) is 5.02 Å². The molecular weight excluding hydrogens is 298 g/mol. The van der Waals surface area contributed by atoms with Gasteiger partial charge < -0.3 is 10.2 Å². The maximum atomic E-state index is 11.2. The van der Waals surface area contributed by atoms with E-state index in [4.69, 9.17) is 21.8 Å². The monoisotopic (exact) mass is 309 g/mol. The predicted octanol–water partition coefficient (Wildman–Crippen LogP) is 1.87. The van der Waals surface area contributed by atoms with Gasteiger partial charge in [0.25, 0.3) is 0 Å². The van der Waals surface area contributed by atoms with Gasteiger partial charge in [0.2, 0.25) is 0 Å². The van der Waals surface area contributed by atoms with Gasteiger partial charge in [0.15, 0.2) is 5.69 Å². The summed E-state index contributed by atoms with van der Waals surface area (Å²) in [7, 11) is 0. The minimum Gasteiger partial charge on any atom is -0.480 e. The van der Waals surface area contributed by atoms with Crippen LogP contribution < -0.4 is 0 Å². The molecule has 0 aliphatic carbocycles. The maximum absolute atomic E-state index is 11.2. The summed E-state index contributed by atoms with van der Waals surface area (Å²) in [4.78, 5) is 22.3. The van der Waals surface area contributed by atoms with Crippen LogP contribution in [0.5, 0.6) is 0 Å². The number of carbonyl (C=O) groups is 2. The van der Waals surface area contributed by atoms with Gasteiger partial charge in [-0.2, -0.15) is 0 Å². The quantitative estimate of drug-likeness (QED) is 0.873. The fraction of sp³-hybridized carbons (Fsp3) is 0.231. The number of hydrogen-bond donors (Lipinski definition) is 2. The summed E-state index contributed by atoms with van der Waals surface area (Å²) >= 11 is 5.80. The van der Waals surface area contributed by atoms with Gasteiger partial charge in [0, 0.05) is 11.4 Å². The number of aromatic nitrogens is 3. The zero-order valence-corrected chi connectivity index (χ0v) is 11.8. The van der Waals surface area contributed by atoms with Gasteiger partial charge in [0.1, 0.15) is 6.04 Å². The number of aromatic carboxylic acids is 1. The predicted molar refractivity (Wildman–Crippen MR) is 73.6 cm³/mol. The molecule has 110 valence electrons. The number of nitrogens with zero attached hydrogens (tertiary/aromatic N) is 3. The van der Waals surface area contributed by atoms with Crippen molar-refractivity contribution in [1.82, 2.24) is 15.0 Å². The van der Waals surface area contributed by atoms with Gasteiger partial charge in [-0.1, -0.05) is 28.9 Å². The molecule has 0 aliphatic heterocycles. The minimum atomic E-state index is -1.25. The Kier molecular flexibility index (Phi) is 4.23. The lowest BCUT2D eigenvalue weighted by molar-refractivity contribution is -0.140. The Labute approximate surface area is 124 Å². The van der Waals surface area contributed by atoms with Crippen molar-refractivity contribution in [3.05, 3.63) is 46.2 Å². The molecule has 8 heteroatoms. The van der Waals surface area contributed by atoms with Gasteiger partial charge >= 0.3 is 11.9 Å². The van der Waals surface area contributed by atoms with Crippen molar-refractivity contribution in [2.75, 3.05) is 0 Å². The molecule has 0 aliphatic rings. The highest BCUT2D eigenvalue weighted by molar-refractivity contribution is 6.30. The number of aliphatic carboxylic acids is 1. The van der Waals surface area contributed by atoms with Crippen LogP contribution >= 0.6 is 11.6 Å². The summed E-state index contributed by atoms with van der Waals surface area (Å²) in [6, 6.07) is 5.80. The Morgan fingerprint density at radius 1 is 1.29 bits per heavy atom. The Morgan fingerprint density at radius 2 is 1.90 bits per heavy atom. The minimum absolute atomic E-state index is 0.198. The fourth-order valence-corrected chi connectivity index (χ4v) is 1.98. The van der Waals surface area contributed by atoms with Crippen LogP contribution in [0, 0.1) is 0 Å². The first kappa shape index (κ1) is 15.0. The zero-order valence-electron chi connectivity index (χ0n) is 11.0. The van der Waals surface area contributed by atoms with Crippen molar-refractivity contribution < 1.29 is 19.8 Å². The Bertz CT molecular complexity index is 681. The summed E-state index contributed by atoms with van der Waals surface area (Å²) in [5, 5.41) is 26.0. The second kappa shape index (κ2) is 5.92. The van der Waals surface area contributed by atoms with E-state index in [1.54, 1.807) is 24.3 Å². The number of benzene rings is 1. The van der Waals surface area contributed by atoms with E-state index in [0.717, 1.165) is 10.2 Å². The molecule has 2 aromatic rings. The number of hydrogen-bond acceptors (Lipinski definition) is 4. The molecule has 7 nitrogen and oxygen atoms in total. The molecule has 1 unspecified atom stereocenters. The van der Waals surface area contributed by atoms with Crippen LogP contribution in [-0.2, 0) is 11.2 Å². The summed E-state index contributed by atoms with van der Waals surface area (Å²) in [6.07, 6.45) is 0.198. The van der Waals surface area contributed by atoms with Gasteiger partial charge in [0.05, 0.1) is 5.69 Å². The van der Waals surface area contributed by atoms with Crippen molar-refractivity contribution in [1.29, 1.82) is 0 Å². The number of carboxylic acids is 2. The molecule has 21 heavy (non-hydrogen) atoms. The normalized spacial score (nSPS) is 12.1. The maximum Gasteiger partial charge on any atom is 0.358 e. The number of rotatable bonds is 5. The number of carboxylic acid groups (broad SMARTS) is 2. The van der Waals surface area contributed by atoms with Gasteiger partial charge in [-0.15, -0.1) is 5.10 Å². The molecule has 2 N–H and O–H groups in total. The van der Waals surface area contributed by atoms with Gasteiger partial charge in [-0.3, -0.25) is 0 Å². The highest BCUT2D eigenvalue weighted by atomic mass is 35.5. The van der Waals surface area contributed by atoms with Crippen LogP contribution in [0.4, 0.5) is 0 Å². The Balaban J connectivity index is 2.43. The molecule has 0 saturated carbocycles. The average Bonchev–Trinajstić information content (AvgIpc) is 2.84.